The van der Waals surface area contributed by atoms with Crippen LogP contribution in [0.15, 0.2) is 40.9 Å². The standard InChI is InChI=1S/C24H26N4O4/c1-15(2)31-22-7-6-16(10-18(22)11-25)24-26-23(27-32-24)21-5-3-4-17-12-28(9-8-20(17)21)19(13-29)14-30/h3-7,10,15,19,29-30H,8-9,12-14H2,1-2H3. The number of aliphatic hydroxyl groups is 2. The van der Waals surface area contributed by atoms with E-state index in [1.807, 2.05) is 32.0 Å². The Balaban J connectivity index is 1.62. The Bertz CT molecular complexity index is 1130. The minimum atomic E-state index is -0.263. The normalized spacial score (nSPS) is 13.9. The Morgan fingerprint density at radius 1 is 1.22 bits per heavy atom. The molecular weight excluding hydrogens is 408 g/mol. The molecule has 1 aromatic heterocycles. The Morgan fingerprint density at radius 3 is 2.75 bits per heavy atom. The second-order valence-electron chi connectivity index (χ2n) is 8.10. The van der Waals surface area contributed by atoms with Crippen molar-refractivity contribution < 1.29 is 19.5 Å². The molecule has 2 aromatic carbocycles. The molecule has 0 unspecified atom stereocenters. The van der Waals surface area contributed by atoms with E-state index < -0.39 is 0 Å². The van der Waals surface area contributed by atoms with E-state index in [0.717, 1.165) is 29.7 Å². The number of nitriles is 1. The molecule has 8 nitrogen and oxygen atoms in total. The van der Waals surface area contributed by atoms with Gasteiger partial charge < -0.3 is 19.5 Å². The van der Waals surface area contributed by atoms with Gasteiger partial charge in [0.25, 0.3) is 5.89 Å². The summed E-state index contributed by atoms with van der Waals surface area (Å²) >= 11 is 0. The van der Waals surface area contributed by atoms with Crippen LogP contribution in [-0.4, -0.2) is 57.2 Å². The molecule has 0 bridgehead atoms. The third kappa shape index (κ3) is 4.36. The highest BCUT2D eigenvalue weighted by molar-refractivity contribution is 5.66. The molecule has 2 N–H and O–H groups in total. The Kier molecular flexibility index (Phi) is 6.51. The van der Waals surface area contributed by atoms with Crippen LogP contribution in [0.1, 0.15) is 30.5 Å². The second kappa shape index (κ2) is 9.49. The highest BCUT2D eigenvalue weighted by Crippen LogP contribution is 2.32. The number of ether oxygens (including phenoxy) is 1. The largest absolute Gasteiger partial charge is 0.490 e. The molecule has 0 aliphatic carbocycles. The number of benzene rings is 2. The van der Waals surface area contributed by atoms with E-state index in [1.54, 1.807) is 18.2 Å². The zero-order valence-electron chi connectivity index (χ0n) is 18.2. The molecule has 0 spiro atoms. The van der Waals surface area contributed by atoms with Crippen molar-refractivity contribution in [2.75, 3.05) is 19.8 Å². The fourth-order valence-electron chi connectivity index (χ4n) is 4.00. The van der Waals surface area contributed by atoms with Crippen LogP contribution in [0.25, 0.3) is 22.8 Å². The van der Waals surface area contributed by atoms with E-state index in [-0.39, 0.29) is 25.4 Å². The van der Waals surface area contributed by atoms with Crippen molar-refractivity contribution in [3.63, 3.8) is 0 Å². The number of hydrogen-bond donors (Lipinski definition) is 2. The van der Waals surface area contributed by atoms with Gasteiger partial charge in [-0.2, -0.15) is 10.2 Å². The first-order valence-corrected chi connectivity index (χ1v) is 10.7. The molecule has 3 aromatic rings. The predicted molar refractivity (Wildman–Crippen MR) is 118 cm³/mol. The summed E-state index contributed by atoms with van der Waals surface area (Å²) in [5.74, 6) is 1.35. The first kappa shape index (κ1) is 22.0. The topological polar surface area (TPSA) is 116 Å². The SMILES string of the molecule is CC(C)Oc1ccc(-c2nc(-c3cccc4c3CCN(C(CO)CO)C4)no2)cc1C#N. The van der Waals surface area contributed by atoms with E-state index in [2.05, 4.69) is 21.1 Å². The number of fused-ring (bicyclic) bond motifs is 1. The molecule has 1 aliphatic heterocycles. The third-order valence-corrected chi connectivity index (χ3v) is 5.61. The van der Waals surface area contributed by atoms with Gasteiger partial charge in [-0.25, -0.2) is 0 Å². The molecule has 0 atom stereocenters. The lowest BCUT2D eigenvalue weighted by molar-refractivity contribution is 0.0651. The quantitative estimate of drug-likeness (QED) is 0.583. The van der Waals surface area contributed by atoms with Crippen LogP contribution in [0.3, 0.4) is 0 Å². The first-order valence-electron chi connectivity index (χ1n) is 10.7. The van der Waals surface area contributed by atoms with Crippen LogP contribution in [0.2, 0.25) is 0 Å². The molecule has 0 fully saturated rings. The van der Waals surface area contributed by atoms with Gasteiger partial charge in [-0.15, -0.1) is 0 Å². The number of aliphatic hydroxyl groups excluding tert-OH is 2. The van der Waals surface area contributed by atoms with Crippen LogP contribution < -0.4 is 4.74 Å². The van der Waals surface area contributed by atoms with Crippen LogP contribution >= 0.6 is 0 Å². The molecule has 4 rings (SSSR count). The molecule has 166 valence electrons. The fourth-order valence-corrected chi connectivity index (χ4v) is 4.00. The lowest BCUT2D eigenvalue weighted by Gasteiger charge is -2.34. The second-order valence-corrected chi connectivity index (χ2v) is 8.10. The van der Waals surface area contributed by atoms with E-state index in [9.17, 15) is 15.5 Å². The maximum Gasteiger partial charge on any atom is 0.258 e. The molecule has 0 saturated carbocycles. The molecule has 0 radical (unpaired) electrons. The van der Waals surface area contributed by atoms with Crippen molar-refractivity contribution in [1.82, 2.24) is 15.0 Å². The highest BCUT2D eigenvalue weighted by atomic mass is 16.5. The van der Waals surface area contributed by atoms with Gasteiger partial charge in [-0.3, -0.25) is 4.90 Å². The Morgan fingerprint density at radius 2 is 2.03 bits per heavy atom. The zero-order valence-corrected chi connectivity index (χ0v) is 18.2. The highest BCUT2D eigenvalue weighted by Gasteiger charge is 2.25. The molecular formula is C24H26N4O4. The predicted octanol–water partition coefficient (Wildman–Crippen LogP) is 2.77. The Hall–Kier alpha value is -3.25. The van der Waals surface area contributed by atoms with Crippen molar-refractivity contribution in [1.29, 1.82) is 5.26 Å². The summed E-state index contributed by atoms with van der Waals surface area (Å²) in [6, 6.07) is 13.1. The molecule has 32 heavy (non-hydrogen) atoms. The first-order chi connectivity index (χ1) is 15.5. The minimum Gasteiger partial charge on any atom is -0.490 e. The summed E-state index contributed by atoms with van der Waals surface area (Å²) in [5.41, 5.74) is 4.23. The lowest BCUT2D eigenvalue weighted by atomic mass is 9.93. The van der Waals surface area contributed by atoms with Crippen LogP contribution in [0.5, 0.6) is 5.75 Å². The van der Waals surface area contributed by atoms with Crippen LogP contribution in [0.4, 0.5) is 0 Å². The minimum absolute atomic E-state index is 0.0341. The van der Waals surface area contributed by atoms with Gasteiger partial charge in [0.05, 0.1) is 30.9 Å². The van der Waals surface area contributed by atoms with Gasteiger partial charge in [0.15, 0.2) is 0 Å². The average molecular weight is 434 g/mol. The number of aromatic nitrogens is 2. The summed E-state index contributed by atoms with van der Waals surface area (Å²) in [6.45, 7) is 5.03. The van der Waals surface area contributed by atoms with Crippen LogP contribution in [-0.2, 0) is 13.0 Å². The van der Waals surface area contributed by atoms with Crippen LogP contribution in [0, 0.1) is 11.3 Å². The van der Waals surface area contributed by atoms with E-state index >= 15 is 0 Å². The van der Waals surface area contributed by atoms with E-state index in [4.69, 9.17) is 9.26 Å². The summed E-state index contributed by atoms with van der Waals surface area (Å²) in [6.07, 6.45) is 0.722. The zero-order chi connectivity index (χ0) is 22.7. The molecule has 1 aliphatic rings. The molecule has 8 heteroatoms. The van der Waals surface area contributed by atoms with Crippen molar-refractivity contribution in [2.45, 2.75) is 39.0 Å². The van der Waals surface area contributed by atoms with Crippen molar-refractivity contribution >= 4 is 0 Å². The number of nitrogens with zero attached hydrogens (tertiary/aromatic N) is 4. The summed E-state index contributed by atoms with van der Waals surface area (Å²) in [7, 11) is 0. The molecule has 2 heterocycles. The van der Waals surface area contributed by atoms with Gasteiger partial charge in [0, 0.05) is 24.2 Å². The summed E-state index contributed by atoms with van der Waals surface area (Å²) in [5, 5.41) is 32.7. The maximum atomic E-state index is 9.51. The van der Waals surface area contributed by atoms with Crippen molar-refractivity contribution in [2.24, 2.45) is 0 Å². The summed E-state index contributed by atoms with van der Waals surface area (Å²) in [4.78, 5) is 6.67. The number of hydrogen-bond acceptors (Lipinski definition) is 8. The third-order valence-electron chi connectivity index (χ3n) is 5.61. The van der Waals surface area contributed by atoms with E-state index in [1.165, 1.54) is 0 Å². The fraction of sp³-hybridized carbons (Fsp3) is 0.375. The average Bonchev–Trinajstić information content (AvgIpc) is 3.29. The maximum absolute atomic E-state index is 9.51. The van der Waals surface area contributed by atoms with Crippen molar-refractivity contribution in [3.05, 3.63) is 53.1 Å². The monoisotopic (exact) mass is 434 g/mol. The summed E-state index contributed by atoms with van der Waals surface area (Å²) < 4.78 is 11.2. The van der Waals surface area contributed by atoms with Gasteiger partial charge in [-0.1, -0.05) is 23.4 Å². The smallest absolute Gasteiger partial charge is 0.258 e. The van der Waals surface area contributed by atoms with Gasteiger partial charge >= 0.3 is 0 Å². The number of rotatable bonds is 7. The Labute approximate surface area is 186 Å². The van der Waals surface area contributed by atoms with E-state index in [0.29, 0.717) is 35.1 Å². The van der Waals surface area contributed by atoms with Crippen molar-refractivity contribution in [3.8, 4) is 34.7 Å². The van der Waals surface area contributed by atoms with Gasteiger partial charge in [-0.05, 0) is 49.6 Å². The van der Waals surface area contributed by atoms with Gasteiger partial charge in [0.2, 0.25) is 5.82 Å². The molecule has 0 amide bonds. The lowest BCUT2D eigenvalue weighted by Crippen LogP contribution is -2.43. The molecule has 0 saturated heterocycles. The van der Waals surface area contributed by atoms with Gasteiger partial charge in [0.1, 0.15) is 11.8 Å².